The van der Waals surface area contributed by atoms with Gasteiger partial charge in [-0.3, -0.25) is 0 Å². The third-order valence-corrected chi connectivity index (χ3v) is 1.98. The fourth-order valence-electron chi connectivity index (χ4n) is 1.32. The maximum atomic E-state index is 3.99. The molecule has 74 valence electrons. The number of hydrogen-bond donors (Lipinski definition) is 1. The molecule has 1 aromatic carbocycles. The van der Waals surface area contributed by atoms with Crippen LogP contribution < -0.4 is 18.9 Å². The van der Waals surface area contributed by atoms with Gasteiger partial charge < -0.3 is 4.68 Å². The minimum Gasteiger partial charge on any atom is -0.371 e. The molecule has 7 nitrogen and oxygen atoms in total. The Bertz CT molecular complexity index is 573. The van der Waals surface area contributed by atoms with Crippen molar-refractivity contribution in [3.63, 3.8) is 0 Å². The Kier molecular flexibility index (Phi) is 2.90. The molecular formula is C8H6LiN7. The molecule has 0 saturated carbocycles. The Balaban J connectivity index is 0.000000963. The van der Waals surface area contributed by atoms with Gasteiger partial charge in [0.05, 0.1) is 0 Å². The van der Waals surface area contributed by atoms with Gasteiger partial charge in [-0.05, 0) is 0 Å². The molecule has 2 heterocycles. The van der Waals surface area contributed by atoms with Crippen LogP contribution in [0.5, 0.6) is 0 Å². The Morgan fingerprint density at radius 3 is 2.88 bits per heavy atom. The van der Waals surface area contributed by atoms with E-state index in [1.54, 1.807) is 11.2 Å². The number of rotatable bonds is 2. The molecule has 0 amide bonds. The van der Waals surface area contributed by atoms with Crippen molar-refractivity contribution in [2.24, 2.45) is 0 Å². The molecule has 0 spiro atoms. The Hall–Kier alpha value is -1.84. The molecule has 3 rings (SSSR count). The van der Waals surface area contributed by atoms with Crippen LogP contribution in [-0.4, -0.2) is 35.6 Å². The minimum absolute atomic E-state index is 0. The second-order valence-electron chi connectivity index (χ2n) is 2.92. The molecule has 2 aromatic heterocycles. The largest absolute Gasteiger partial charge is 1.00 e. The summed E-state index contributed by atoms with van der Waals surface area (Å²) in [6.45, 7) is 1.65. The summed E-state index contributed by atoms with van der Waals surface area (Å²) in [5.74, 6) is 0.464. The molecule has 0 aliphatic rings. The van der Waals surface area contributed by atoms with E-state index in [2.05, 4.69) is 30.9 Å². The third kappa shape index (κ3) is 1.78. The quantitative estimate of drug-likeness (QED) is 0.357. The normalized spacial score (nSPS) is 10.0. The number of H-pyrrole nitrogens is 1. The summed E-state index contributed by atoms with van der Waals surface area (Å²) >= 11 is 0. The Morgan fingerprint density at radius 1 is 1.19 bits per heavy atom. The zero-order chi connectivity index (χ0) is 10.1. The number of nitrogens with zero attached hydrogens (tertiary/aromatic N) is 6. The fourth-order valence-corrected chi connectivity index (χ4v) is 1.32. The summed E-state index contributed by atoms with van der Waals surface area (Å²) in [4.78, 5) is 0. The molecule has 0 bridgehead atoms. The molecular weight excluding hydrogens is 201 g/mol. The van der Waals surface area contributed by atoms with Crippen LogP contribution in [0.1, 0.15) is 5.82 Å². The first kappa shape index (κ1) is 10.7. The van der Waals surface area contributed by atoms with Gasteiger partial charge in [0, 0.05) is 5.52 Å². The first-order valence-electron chi connectivity index (χ1n) is 4.32. The predicted molar refractivity (Wildman–Crippen MR) is 50.5 cm³/mol. The number of fused-ring (bicyclic) bond motifs is 1. The van der Waals surface area contributed by atoms with E-state index in [-0.39, 0.29) is 18.9 Å². The first-order valence-corrected chi connectivity index (χ1v) is 4.32. The maximum absolute atomic E-state index is 3.99. The smallest absolute Gasteiger partial charge is 0.371 e. The summed E-state index contributed by atoms with van der Waals surface area (Å²) in [5, 5.41) is 21.4. The van der Waals surface area contributed by atoms with Gasteiger partial charge in [-0.1, -0.05) is 40.7 Å². The number of aromatic amines is 1. The molecule has 0 fully saturated rings. The van der Waals surface area contributed by atoms with Crippen molar-refractivity contribution in [1.29, 1.82) is 0 Å². The molecule has 1 N–H and O–H groups in total. The summed E-state index contributed by atoms with van der Waals surface area (Å²) < 4.78 is 1.61. The predicted octanol–water partition coefficient (Wildman–Crippen LogP) is -2.99. The van der Waals surface area contributed by atoms with Crippen LogP contribution in [-0.2, 0) is 0 Å². The van der Waals surface area contributed by atoms with Gasteiger partial charge in [0.2, 0.25) is 0 Å². The van der Waals surface area contributed by atoms with Crippen LogP contribution in [0.4, 0.5) is 0 Å². The number of benzene rings is 1. The van der Waals surface area contributed by atoms with Crippen LogP contribution >= 0.6 is 0 Å². The summed E-state index contributed by atoms with van der Waals surface area (Å²) in [7, 11) is 0. The van der Waals surface area contributed by atoms with E-state index in [0.717, 1.165) is 11.0 Å². The number of nitrogens with one attached hydrogen (secondary N) is 1. The van der Waals surface area contributed by atoms with E-state index in [1.807, 2.05) is 24.3 Å². The van der Waals surface area contributed by atoms with Gasteiger partial charge in [-0.2, -0.15) is 15.4 Å². The SMILES string of the molecule is [Li+].c1ccc2c(c1)nnn2[CH-]c1nn[nH]n1. The molecule has 0 aliphatic heterocycles. The molecule has 8 heteroatoms. The van der Waals surface area contributed by atoms with Gasteiger partial charge in [0.25, 0.3) is 0 Å². The van der Waals surface area contributed by atoms with Crippen molar-refractivity contribution < 1.29 is 18.9 Å². The minimum atomic E-state index is 0. The second kappa shape index (κ2) is 4.34. The molecule has 0 radical (unpaired) electrons. The van der Waals surface area contributed by atoms with Crippen LogP contribution in [0.2, 0.25) is 0 Å². The van der Waals surface area contributed by atoms with E-state index in [4.69, 9.17) is 0 Å². The zero-order valence-electron chi connectivity index (χ0n) is 8.57. The van der Waals surface area contributed by atoms with Crippen LogP contribution in [0.25, 0.3) is 11.0 Å². The van der Waals surface area contributed by atoms with E-state index in [1.165, 1.54) is 0 Å². The molecule has 0 unspecified atom stereocenters. The van der Waals surface area contributed by atoms with Crippen LogP contribution in [0.15, 0.2) is 24.3 Å². The number of aromatic nitrogens is 7. The third-order valence-electron chi connectivity index (χ3n) is 1.98. The van der Waals surface area contributed by atoms with E-state index >= 15 is 0 Å². The zero-order valence-corrected chi connectivity index (χ0v) is 8.57. The fraction of sp³-hybridized carbons (Fsp3) is 0. The monoisotopic (exact) mass is 207 g/mol. The van der Waals surface area contributed by atoms with Crippen molar-refractivity contribution in [3.05, 3.63) is 36.6 Å². The van der Waals surface area contributed by atoms with E-state index < -0.39 is 0 Å². The molecule has 3 aromatic rings. The van der Waals surface area contributed by atoms with Gasteiger partial charge in [-0.15, -0.1) is 11.2 Å². The molecule has 0 atom stereocenters. The summed E-state index contributed by atoms with van der Waals surface area (Å²) in [5.41, 5.74) is 1.74. The Labute approximate surface area is 102 Å². The van der Waals surface area contributed by atoms with E-state index in [0.29, 0.717) is 5.82 Å². The van der Waals surface area contributed by atoms with Crippen molar-refractivity contribution in [1.82, 2.24) is 35.6 Å². The van der Waals surface area contributed by atoms with Gasteiger partial charge in [-0.25, -0.2) is 0 Å². The Morgan fingerprint density at radius 2 is 2.06 bits per heavy atom. The molecule has 0 saturated heterocycles. The summed E-state index contributed by atoms with van der Waals surface area (Å²) in [6, 6.07) is 7.65. The van der Waals surface area contributed by atoms with E-state index in [9.17, 15) is 0 Å². The molecule has 0 aliphatic carbocycles. The first-order chi connectivity index (χ1) is 7.43. The van der Waals surface area contributed by atoms with Crippen molar-refractivity contribution in [2.45, 2.75) is 0 Å². The number of para-hydroxylation sites is 1. The average Bonchev–Trinajstić information content (AvgIpc) is 2.89. The van der Waals surface area contributed by atoms with Gasteiger partial charge in [0.15, 0.2) is 0 Å². The van der Waals surface area contributed by atoms with Crippen LogP contribution in [0, 0.1) is 6.54 Å². The average molecular weight is 207 g/mol. The second-order valence-corrected chi connectivity index (χ2v) is 2.92. The van der Waals surface area contributed by atoms with Crippen molar-refractivity contribution in [3.8, 4) is 0 Å². The number of hydrogen-bond acceptors (Lipinski definition) is 5. The van der Waals surface area contributed by atoms with Crippen molar-refractivity contribution >= 4 is 11.0 Å². The summed E-state index contributed by atoms with van der Waals surface area (Å²) in [6.07, 6.45) is 0. The van der Waals surface area contributed by atoms with Crippen molar-refractivity contribution in [2.75, 3.05) is 0 Å². The van der Waals surface area contributed by atoms with Gasteiger partial charge >= 0.3 is 18.9 Å². The topological polar surface area (TPSA) is 85.2 Å². The van der Waals surface area contributed by atoms with Gasteiger partial charge in [0.1, 0.15) is 5.82 Å². The standard InChI is InChI=1S/C8H6N7.Li/c1-2-4-7-6(3-1)9-14-15(7)5-8-10-12-13-11-8;/h1-5H,(H,10,11,12,13);/q-1;+1. The van der Waals surface area contributed by atoms with Crippen LogP contribution in [0.3, 0.4) is 0 Å². The molecule has 16 heavy (non-hydrogen) atoms. The number of tetrazole rings is 1. The maximum Gasteiger partial charge on any atom is 1.00 e.